The molecule has 0 amide bonds. The predicted molar refractivity (Wildman–Crippen MR) is 74.0 cm³/mol. The molecule has 2 saturated heterocycles. The van der Waals surface area contributed by atoms with Crippen LogP contribution in [0.4, 0.5) is 0 Å². The summed E-state index contributed by atoms with van der Waals surface area (Å²) in [6.07, 6.45) is 1.90. The molecule has 2 aliphatic heterocycles. The van der Waals surface area contributed by atoms with Crippen molar-refractivity contribution in [3.8, 4) is 0 Å². The van der Waals surface area contributed by atoms with Gasteiger partial charge in [-0.15, -0.1) is 0 Å². The third-order valence-electron chi connectivity index (χ3n) is 3.67. The molecule has 7 heteroatoms. The van der Waals surface area contributed by atoms with Crippen LogP contribution in [0.25, 0.3) is 0 Å². The number of hydrogen-bond acceptors (Lipinski definition) is 3. The highest BCUT2D eigenvalue weighted by molar-refractivity contribution is 9.09. The van der Waals surface area contributed by atoms with Crippen molar-refractivity contribution in [2.75, 3.05) is 38.1 Å². The summed E-state index contributed by atoms with van der Waals surface area (Å²) in [4.78, 5) is 0. The molecular weight excluding hydrogens is 320 g/mol. The lowest BCUT2D eigenvalue weighted by molar-refractivity contribution is 0.0113. The number of nitrogens with zero attached hydrogens (tertiary/aromatic N) is 2. The summed E-state index contributed by atoms with van der Waals surface area (Å²) in [6, 6.07) is 0. The minimum absolute atomic E-state index is 0.0303. The Morgan fingerprint density at radius 1 is 1.22 bits per heavy atom. The van der Waals surface area contributed by atoms with Crippen molar-refractivity contribution >= 4 is 26.1 Å². The quantitative estimate of drug-likeness (QED) is 0.722. The van der Waals surface area contributed by atoms with Gasteiger partial charge in [0.1, 0.15) is 0 Å². The molecule has 0 radical (unpaired) electrons. The van der Waals surface area contributed by atoms with Crippen molar-refractivity contribution < 1.29 is 13.2 Å². The van der Waals surface area contributed by atoms with E-state index in [4.69, 9.17) is 4.74 Å². The Bertz CT molecular complexity index is 368. The van der Waals surface area contributed by atoms with Gasteiger partial charge in [-0.25, -0.2) is 0 Å². The number of ether oxygens (including phenoxy) is 1. The number of morpholine rings is 1. The van der Waals surface area contributed by atoms with E-state index in [0.29, 0.717) is 44.0 Å². The van der Waals surface area contributed by atoms with Crippen molar-refractivity contribution in [1.29, 1.82) is 0 Å². The molecule has 0 N–H and O–H groups in total. The Morgan fingerprint density at radius 2 is 1.89 bits per heavy atom. The molecule has 106 valence electrons. The van der Waals surface area contributed by atoms with Crippen LogP contribution >= 0.6 is 15.9 Å². The maximum Gasteiger partial charge on any atom is 0.282 e. The normalized spacial score (nSPS) is 29.6. The molecular formula is C11H21BrN2O3S. The van der Waals surface area contributed by atoms with Crippen LogP contribution in [0.15, 0.2) is 0 Å². The summed E-state index contributed by atoms with van der Waals surface area (Å²) in [5, 5.41) is 0.677. The summed E-state index contributed by atoms with van der Waals surface area (Å²) < 4.78 is 33.7. The van der Waals surface area contributed by atoms with Gasteiger partial charge in [-0.05, 0) is 18.8 Å². The standard InChI is InChI=1S/C11H21BrN2O3S/c1-10-2-4-13(5-3-10)18(15,16)14-6-7-17-11(8-12)9-14/h10-11H,2-9H2,1H3. The van der Waals surface area contributed by atoms with Crippen molar-refractivity contribution in [2.24, 2.45) is 5.92 Å². The molecule has 0 spiro atoms. The van der Waals surface area contributed by atoms with Crippen molar-refractivity contribution in [3.63, 3.8) is 0 Å². The van der Waals surface area contributed by atoms with Crippen molar-refractivity contribution in [2.45, 2.75) is 25.9 Å². The molecule has 2 rings (SSSR count). The van der Waals surface area contributed by atoms with Gasteiger partial charge >= 0.3 is 0 Å². The fourth-order valence-electron chi connectivity index (χ4n) is 2.37. The largest absolute Gasteiger partial charge is 0.375 e. The van der Waals surface area contributed by atoms with Gasteiger partial charge < -0.3 is 4.74 Å². The molecule has 0 bridgehead atoms. The highest BCUT2D eigenvalue weighted by Gasteiger charge is 2.35. The highest BCUT2D eigenvalue weighted by atomic mass is 79.9. The minimum atomic E-state index is -3.29. The molecule has 2 heterocycles. The summed E-state index contributed by atoms with van der Waals surface area (Å²) in [5.74, 6) is 0.636. The molecule has 0 aromatic carbocycles. The Hall–Kier alpha value is 0.310. The van der Waals surface area contributed by atoms with E-state index in [0.717, 1.165) is 12.8 Å². The Labute approximate surface area is 118 Å². The molecule has 0 aromatic heterocycles. The van der Waals surface area contributed by atoms with Gasteiger partial charge in [0.2, 0.25) is 0 Å². The van der Waals surface area contributed by atoms with Gasteiger partial charge in [-0.3, -0.25) is 0 Å². The smallest absolute Gasteiger partial charge is 0.282 e. The van der Waals surface area contributed by atoms with E-state index in [1.54, 1.807) is 8.61 Å². The van der Waals surface area contributed by atoms with E-state index in [1.807, 2.05) is 0 Å². The lowest BCUT2D eigenvalue weighted by Crippen LogP contribution is -2.53. The molecule has 2 fully saturated rings. The Morgan fingerprint density at radius 3 is 2.50 bits per heavy atom. The molecule has 18 heavy (non-hydrogen) atoms. The second-order valence-electron chi connectivity index (χ2n) is 5.09. The van der Waals surface area contributed by atoms with E-state index in [-0.39, 0.29) is 6.10 Å². The van der Waals surface area contributed by atoms with Crippen LogP contribution < -0.4 is 0 Å². The number of halogens is 1. The Balaban J connectivity index is 2.01. The van der Waals surface area contributed by atoms with E-state index in [9.17, 15) is 8.42 Å². The van der Waals surface area contributed by atoms with Gasteiger partial charge in [-0.2, -0.15) is 17.0 Å². The lowest BCUT2D eigenvalue weighted by Gasteiger charge is -2.37. The van der Waals surface area contributed by atoms with Gasteiger partial charge in [-0.1, -0.05) is 22.9 Å². The van der Waals surface area contributed by atoms with Crippen LogP contribution in [0.3, 0.4) is 0 Å². The SMILES string of the molecule is CC1CCN(S(=O)(=O)N2CCOC(CBr)C2)CC1. The monoisotopic (exact) mass is 340 g/mol. The van der Waals surface area contributed by atoms with Gasteiger partial charge in [0.05, 0.1) is 12.7 Å². The fraction of sp³-hybridized carbons (Fsp3) is 1.00. The zero-order valence-electron chi connectivity index (χ0n) is 10.7. The molecule has 0 saturated carbocycles. The number of alkyl halides is 1. The number of piperidine rings is 1. The van der Waals surface area contributed by atoms with Crippen molar-refractivity contribution in [3.05, 3.63) is 0 Å². The van der Waals surface area contributed by atoms with Crippen LogP contribution in [-0.2, 0) is 14.9 Å². The zero-order chi connectivity index (χ0) is 13.2. The van der Waals surface area contributed by atoms with Gasteiger partial charge in [0.15, 0.2) is 0 Å². The topological polar surface area (TPSA) is 49.9 Å². The average molecular weight is 341 g/mol. The number of rotatable bonds is 3. The zero-order valence-corrected chi connectivity index (χ0v) is 13.1. The molecule has 1 unspecified atom stereocenters. The second kappa shape index (κ2) is 6.17. The summed E-state index contributed by atoms with van der Waals surface area (Å²) >= 11 is 3.35. The summed E-state index contributed by atoms with van der Waals surface area (Å²) in [6.45, 7) is 4.90. The number of hydrogen-bond donors (Lipinski definition) is 0. The average Bonchev–Trinajstić information content (AvgIpc) is 2.39. The Kier molecular flexibility index (Phi) is 5.05. The maximum atomic E-state index is 12.5. The predicted octanol–water partition coefficient (Wildman–Crippen LogP) is 1.06. The second-order valence-corrected chi connectivity index (χ2v) is 7.67. The van der Waals surface area contributed by atoms with Crippen LogP contribution in [0, 0.1) is 5.92 Å². The van der Waals surface area contributed by atoms with Crippen LogP contribution in [0.5, 0.6) is 0 Å². The third kappa shape index (κ3) is 3.25. The first kappa shape index (κ1) is 14.7. The molecule has 5 nitrogen and oxygen atoms in total. The minimum Gasteiger partial charge on any atom is -0.375 e. The summed E-state index contributed by atoms with van der Waals surface area (Å²) in [7, 11) is -3.29. The van der Waals surface area contributed by atoms with Crippen LogP contribution in [0.2, 0.25) is 0 Å². The van der Waals surface area contributed by atoms with E-state index in [2.05, 4.69) is 22.9 Å². The van der Waals surface area contributed by atoms with Crippen LogP contribution in [-0.4, -0.2) is 61.2 Å². The summed E-state index contributed by atoms with van der Waals surface area (Å²) in [5.41, 5.74) is 0. The van der Waals surface area contributed by atoms with Crippen molar-refractivity contribution in [1.82, 2.24) is 8.61 Å². The van der Waals surface area contributed by atoms with Gasteiger partial charge in [0, 0.05) is 31.5 Å². The van der Waals surface area contributed by atoms with Crippen LogP contribution in [0.1, 0.15) is 19.8 Å². The van der Waals surface area contributed by atoms with E-state index < -0.39 is 10.2 Å². The molecule has 1 atom stereocenters. The maximum absolute atomic E-state index is 12.5. The van der Waals surface area contributed by atoms with Gasteiger partial charge in [0.25, 0.3) is 10.2 Å². The third-order valence-corrected chi connectivity index (χ3v) is 6.39. The first-order valence-electron chi connectivity index (χ1n) is 6.47. The fourth-order valence-corrected chi connectivity index (χ4v) is 4.42. The lowest BCUT2D eigenvalue weighted by atomic mass is 10.0. The molecule has 0 aromatic rings. The highest BCUT2D eigenvalue weighted by Crippen LogP contribution is 2.22. The van der Waals surface area contributed by atoms with E-state index in [1.165, 1.54) is 0 Å². The van der Waals surface area contributed by atoms with E-state index >= 15 is 0 Å². The first-order valence-corrected chi connectivity index (χ1v) is 8.98. The first-order chi connectivity index (χ1) is 8.54. The molecule has 2 aliphatic rings. The molecule has 0 aliphatic carbocycles.